The average molecular weight is 282 g/mol. The van der Waals surface area contributed by atoms with Crippen LogP contribution in [0.4, 0.5) is 5.69 Å². The molecule has 0 fully saturated rings. The van der Waals surface area contributed by atoms with Crippen molar-refractivity contribution in [2.45, 2.75) is 6.92 Å². The zero-order valence-corrected chi connectivity index (χ0v) is 12.4. The molecule has 0 aliphatic rings. The topological polar surface area (TPSA) is 49.4 Å². The van der Waals surface area contributed by atoms with Gasteiger partial charge in [0.2, 0.25) is 5.91 Å². The maximum Gasteiger partial charge on any atom is 0.253 e. The van der Waals surface area contributed by atoms with Crippen molar-refractivity contribution in [1.29, 1.82) is 0 Å². The molecule has 4 nitrogen and oxygen atoms in total. The monoisotopic (exact) mass is 282 g/mol. The highest BCUT2D eigenvalue weighted by Crippen LogP contribution is 2.31. The van der Waals surface area contributed by atoms with Crippen molar-refractivity contribution >= 4 is 17.5 Å². The molecule has 108 valence electrons. The molecule has 0 saturated carbocycles. The lowest BCUT2D eigenvalue weighted by Gasteiger charge is -2.16. The molecule has 1 N–H and O–H groups in total. The van der Waals surface area contributed by atoms with Gasteiger partial charge in [0.25, 0.3) is 5.91 Å². The van der Waals surface area contributed by atoms with Crippen LogP contribution in [0.15, 0.2) is 48.5 Å². The van der Waals surface area contributed by atoms with Gasteiger partial charge in [-0.1, -0.05) is 36.4 Å². The van der Waals surface area contributed by atoms with E-state index in [1.165, 1.54) is 6.92 Å². The van der Waals surface area contributed by atoms with Crippen LogP contribution in [0.3, 0.4) is 0 Å². The molecule has 2 rings (SSSR count). The Balaban J connectivity index is 2.58. The van der Waals surface area contributed by atoms with Crippen LogP contribution >= 0.6 is 0 Å². The molecular weight excluding hydrogens is 264 g/mol. The minimum absolute atomic E-state index is 0.0665. The molecule has 0 aliphatic heterocycles. The Labute approximate surface area is 124 Å². The van der Waals surface area contributed by atoms with Crippen molar-refractivity contribution in [1.82, 2.24) is 4.90 Å². The summed E-state index contributed by atoms with van der Waals surface area (Å²) in [7, 11) is 3.44. The van der Waals surface area contributed by atoms with Crippen LogP contribution in [-0.4, -0.2) is 30.8 Å². The van der Waals surface area contributed by atoms with Crippen LogP contribution in [-0.2, 0) is 4.79 Å². The van der Waals surface area contributed by atoms with Gasteiger partial charge >= 0.3 is 0 Å². The Kier molecular flexibility index (Phi) is 4.38. The first kappa shape index (κ1) is 14.8. The van der Waals surface area contributed by atoms with Crippen LogP contribution in [0, 0.1) is 0 Å². The molecule has 0 aliphatic carbocycles. The smallest absolute Gasteiger partial charge is 0.253 e. The second kappa shape index (κ2) is 6.22. The summed E-state index contributed by atoms with van der Waals surface area (Å²) in [5, 5.41) is 2.80. The van der Waals surface area contributed by atoms with E-state index in [4.69, 9.17) is 0 Å². The van der Waals surface area contributed by atoms with Crippen LogP contribution in [0.5, 0.6) is 0 Å². The first-order valence-corrected chi connectivity index (χ1v) is 6.68. The molecule has 0 radical (unpaired) electrons. The number of para-hydroxylation sites is 1. The number of benzene rings is 2. The predicted molar refractivity (Wildman–Crippen MR) is 84.2 cm³/mol. The molecule has 0 atom stereocenters. The lowest BCUT2D eigenvalue weighted by atomic mass is 9.97. The summed E-state index contributed by atoms with van der Waals surface area (Å²) in [6.45, 7) is 1.47. The Morgan fingerprint density at radius 1 is 0.905 bits per heavy atom. The van der Waals surface area contributed by atoms with Crippen LogP contribution in [0.25, 0.3) is 11.1 Å². The molecule has 0 aromatic heterocycles. The van der Waals surface area contributed by atoms with Gasteiger partial charge in [0, 0.05) is 37.8 Å². The van der Waals surface area contributed by atoms with Crippen molar-refractivity contribution in [3.05, 3.63) is 54.1 Å². The Morgan fingerprint density at radius 2 is 1.48 bits per heavy atom. The van der Waals surface area contributed by atoms with E-state index in [1.807, 2.05) is 42.5 Å². The van der Waals surface area contributed by atoms with Gasteiger partial charge in [-0.25, -0.2) is 0 Å². The van der Waals surface area contributed by atoms with Gasteiger partial charge in [0.15, 0.2) is 0 Å². The van der Waals surface area contributed by atoms with Gasteiger partial charge < -0.3 is 10.2 Å². The van der Waals surface area contributed by atoms with Crippen LogP contribution < -0.4 is 5.32 Å². The van der Waals surface area contributed by atoms with E-state index in [1.54, 1.807) is 25.1 Å². The van der Waals surface area contributed by atoms with Crippen molar-refractivity contribution < 1.29 is 9.59 Å². The fourth-order valence-corrected chi connectivity index (χ4v) is 2.16. The van der Waals surface area contributed by atoms with Gasteiger partial charge in [-0.2, -0.15) is 0 Å². The number of carbonyl (C=O) groups excluding carboxylic acids is 2. The number of rotatable bonds is 3. The summed E-state index contributed by atoms with van der Waals surface area (Å²) >= 11 is 0. The molecule has 0 heterocycles. The van der Waals surface area contributed by atoms with E-state index in [-0.39, 0.29) is 11.8 Å². The second-order valence-electron chi connectivity index (χ2n) is 4.97. The molecule has 2 amide bonds. The van der Waals surface area contributed by atoms with E-state index in [9.17, 15) is 9.59 Å². The van der Waals surface area contributed by atoms with E-state index in [2.05, 4.69) is 5.32 Å². The lowest BCUT2D eigenvalue weighted by molar-refractivity contribution is -0.114. The summed E-state index contributed by atoms with van der Waals surface area (Å²) in [6.07, 6.45) is 0. The van der Waals surface area contributed by atoms with E-state index >= 15 is 0 Å². The maximum atomic E-state index is 12.3. The minimum atomic E-state index is -0.140. The predicted octanol–water partition coefficient (Wildman–Crippen LogP) is 3.01. The van der Waals surface area contributed by atoms with Crippen molar-refractivity contribution in [2.24, 2.45) is 0 Å². The van der Waals surface area contributed by atoms with Crippen molar-refractivity contribution in [3.63, 3.8) is 0 Å². The summed E-state index contributed by atoms with van der Waals surface area (Å²) < 4.78 is 0. The summed E-state index contributed by atoms with van der Waals surface area (Å²) in [4.78, 5) is 25.2. The fraction of sp³-hybridized carbons (Fsp3) is 0.176. The molecule has 2 aromatic rings. The largest absolute Gasteiger partial charge is 0.345 e. The zero-order valence-electron chi connectivity index (χ0n) is 12.4. The molecule has 0 bridgehead atoms. The van der Waals surface area contributed by atoms with Gasteiger partial charge in [0.05, 0.1) is 0 Å². The van der Waals surface area contributed by atoms with E-state index < -0.39 is 0 Å². The summed E-state index contributed by atoms with van der Waals surface area (Å²) in [6, 6.07) is 14.9. The number of nitrogens with one attached hydrogen (secondary N) is 1. The van der Waals surface area contributed by atoms with Gasteiger partial charge in [0.1, 0.15) is 0 Å². The number of anilines is 1. The van der Waals surface area contributed by atoms with E-state index in [0.29, 0.717) is 11.3 Å². The molecule has 2 aromatic carbocycles. The quantitative estimate of drug-likeness (QED) is 0.940. The van der Waals surface area contributed by atoms with Crippen LogP contribution in [0.1, 0.15) is 17.3 Å². The molecule has 0 unspecified atom stereocenters. The number of hydrogen-bond donors (Lipinski definition) is 1. The highest BCUT2D eigenvalue weighted by Gasteiger charge is 2.16. The number of carbonyl (C=O) groups is 2. The summed E-state index contributed by atoms with van der Waals surface area (Å²) in [5.41, 5.74) is 2.95. The average Bonchev–Trinajstić information content (AvgIpc) is 2.46. The molecule has 21 heavy (non-hydrogen) atoms. The first-order valence-electron chi connectivity index (χ1n) is 6.68. The third kappa shape index (κ3) is 3.28. The highest BCUT2D eigenvalue weighted by atomic mass is 16.2. The normalized spacial score (nSPS) is 10.0. The molecule has 4 heteroatoms. The fourth-order valence-electron chi connectivity index (χ4n) is 2.16. The third-order valence-corrected chi connectivity index (χ3v) is 3.09. The molecule has 0 saturated heterocycles. The molecular formula is C17H18N2O2. The van der Waals surface area contributed by atoms with Crippen LogP contribution in [0.2, 0.25) is 0 Å². The Morgan fingerprint density at radius 3 is 2.10 bits per heavy atom. The maximum absolute atomic E-state index is 12.3. The Hall–Kier alpha value is -2.62. The highest BCUT2D eigenvalue weighted by molar-refractivity contribution is 6.03. The summed E-state index contributed by atoms with van der Waals surface area (Å²) in [5.74, 6) is -0.206. The number of nitrogens with zero attached hydrogens (tertiary/aromatic N) is 1. The standard InChI is InChI=1S/C17H18N2O2/c1-12(20)18-16-11-7-6-9-14(16)13-8-4-5-10-15(13)17(21)19(2)3/h4-11H,1-3H3,(H,18,20). The zero-order chi connectivity index (χ0) is 15.4. The van der Waals surface area contributed by atoms with Gasteiger partial charge in [-0.15, -0.1) is 0 Å². The Bertz CT molecular complexity index is 678. The number of hydrogen-bond acceptors (Lipinski definition) is 2. The third-order valence-electron chi connectivity index (χ3n) is 3.09. The van der Waals surface area contributed by atoms with E-state index in [0.717, 1.165) is 11.1 Å². The van der Waals surface area contributed by atoms with Crippen molar-refractivity contribution in [3.8, 4) is 11.1 Å². The first-order chi connectivity index (χ1) is 10.0. The van der Waals surface area contributed by atoms with Crippen molar-refractivity contribution in [2.75, 3.05) is 19.4 Å². The SMILES string of the molecule is CC(=O)Nc1ccccc1-c1ccccc1C(=O)N(C)C. The molecule has 0 spiro atoms. The van der Waals surface area contributed by atoms with Gasteiger partial charge in [-0.3, -0.25) is 9.59 Å². The second-order valence-corrected chi connectivity index (χ2v) is 4.97. The lowest BCUT2D eigenvalue weighted by Crippen LogP contribution is -2.22. The minimum Gasteiger partial charge on any atom is -0.345 e. The van der Waals surface area contributed by atoms with Gasteiger partial charge in [-0.05, 0) is 17.7 Å². The number of amides is 2.